The Morgan fingerprint density at radius 2 is 2.09 bits per heavy atom. The second kappa shape index (κ2) is 6.01. The molecule has 114 valence electrons. The molecule has 1 amide bonds. The molecule has 0 spiro atoms. The number of aryl methyl sites for hydroxylation is 1. The van der Waals surface area contributed by atoms with E-state index in [0.717, 1.165) is 36.9 Å². The SMILES string of the molecule is COC(=O)c1cccc(NC(=O)c2n[nH]c3c2CCCC3)c1. The number of benzene rings is 1. The zero-order valence-corrected chi connectivity index (χ0v) is 12.3. The second-order valence-electron chi connectivity index (χ2n) is 5.26. The van der Waals surface area contributed by atoms with Crippen molar-refractivity contribution in [2.24, 2.45) is 0 Å². The molecule has 2 aromatic rings. The molecule has 0 unspecified atom stereocenters. The smallest absolute Gasteiger partial charge is 0.337 e. The van der Waals surface area contributed by atoms with E-state index in [-0.39, 0.29) is 5.91 Å². The molecule has 1 aliphatic rings. The highest BCUT2D eigenvalue weighted by Gasteiger charge is 2.21. The summed E-state index contributed by atoms with van der Waals surface area (Å²) in [5.74, 6) is -0.699. The van der Waals surface area contributed by atoms with Crippen molar-refractivity contribution < 1.29 is 14.3 Å². The van der Waals surface area contributed by atoms with Crippen LogP contribution in [0.25, 0.3) is 0 Å². The summed E-state index contributed by atoms with van der Waals surface area (Å²) in [7, 11) is 1.32. The van der Waals surface area contributed by atoms with E-state index >= 15 is 0 Å². The summed E-state index contributed by atoms with van der Waals surface area (Å²) in [6, 6.07) is 6.64. The summed E-state index contributed by atoms with van der Waals surface area (Å²) in [5.41, 5.74) is 3.44. The maximum Gasteiger partial charge on any atom is 0.337 e. The van der Waals surface area contributed by atoms with Crippen LogP contribution >= 0.6 is 0 Å². The van der Waals surface area contributed by atoms with Crippen molar-refractivity contribution in [1.82, 2.24) is 10.2 Å². The number of carbonyl (C=O) groups is 2. The molecule has 6 nitrogen and oxygen atoms in total. The minimum absolute atomic E-state index is 0.263. The van der Waals surface area contributed by atoms with Crippen LogP contribution in [-0.2, 0) is 17.6 Å². The number of carbonyl (C=O) groups excluding carboxylic acids is 2. The standard InChI is InChI=1S/C16H17N3O3/c1-22-16(21)10-5-4-6-11(9-10)17-15(20)14-12-7-2-3-8-13(12)18-19-14/h4-6,9H,2-3,7-8H2,1H3,(H,17,20)(H,18,19). The van der Waals surface area contributed by atoms with E-state index in [1.54, 1.807) is 24.3 Å². The first-order valence-corrected chi connectivity index (χ1v) is 7.25. The van der Waals surface area contributed by atoms with E-state index in [1.165, 1.54) is 7.11 Å². The normalized spacial score (nSPS) is 13.3. The van der Waals surface area contributed by atoms with Gasteiger partial charge in [-0.25, -0.2) is 4.79 Å². The summed E-state index contributed by atoms with van der Waals surface area (Å²) in [5, 5.41) is 9.87. The molecule has 0 saturated heterocycles. The Hall–Kier alpha value is -2.63. The van der Waals surface area contributed by atoms with Crippen LogP contribution in [-0.4, -0.2) is 29.2 Å². The Bertz CT molecular complexity index is 721. The van der Waals surface area contributed by atoms with E-state index in [0.29, 0.717) is 16.9 Å². The average Bonchev–Trinajstić information content (AvgIpc) is 2.98. The predicted octanol–water partition coefficient (Wildman–Crippen LogP) is 2.33. The minimum Gasteiger partial charge on any atom is -0.465 e. The second-order valence-corrected chi connectivity index (χ2v) is 5.26. The van der Waals surface area contributed by atoms with Crippen LogP contribution in [0.3, 0.4) is 0 Å². The molecule has 0 bridgehead atoms. The lowest BCUT2D eigenvalue weighted by atomic mass is 9.96. The molecule has 0 saturated carbocycles. The number of H-pyrrole nitrogens is 1. The third-order valence-corrected chi connectivity index (χ3v) is 3.81. The molecule has 1 heterocycles. The number of fused-ring (bicyclic) bond motifs is 1. The van der Waals surface area contributed by atoms with E-state index < -0.39 is 5.97 Å². The predicted molar refractivity (Wildman–Crippen MR) is 81.0 cm³/mol. The highest BCUT2D eigenvalue weighted by atomic mass is 16.5. The number of ether oxygens (including phenoxy) is 1. The average molecular weight is 299 g/mol. The van der Waals surface area contributed by atoms with Crippen LogP contribution in [0.2, 0.25) is 0 Å². The van der Waals surface area contributed by atoms with Crippen molar-refractivity contribution in [1.29, 1.82) is 0 Å². The Kier molecular flexibility index (Phi) is 3.91. The zero-order valence-electron chi connectivity index (χ0n) is 12.3. The number of esters is 1. The molecular weight excluding hydrogens is 282 g/mol. The van der Waals surface area contributed by atoms with Gasteiger partial charge in [-0.05, 0) is 43.9 Å². The molecule has 0 aliphatic heterocycles. The van der Waals surface area contributed by atoms with Crippen LogP contribution in [0.1, 0.15) is 44.9 Å². The van der Waals surface area contributed by atoms with Gasteiger partial charge in [0.2, 0.25) is 0 Å². The first-order chi connectivity index (χ1) is 10.7. The summed E-state index contributed by atoms with van der Waals surface area (Å²) in [4.78, 5) is 23.9. The number of nitrogens with zero attached hydrogens (tertiary/aromatic N) is 1. The van der Waals surface area contributed by atoms with Crippen LogP contribution in [0.4, 0.5) is 5.69 Å². The third-order valence-electron chi connectivity index (χ3n) is 3.81. The molecule has 1 aromatic heterocycles. The highest BCUT2D eigenvalue weighted by molar-refractivity contribution is 6.04. The van der Waals surface area contributed by atoms with Gasteiger partial charge in [-0.3, -0.25) is 9.89 Å². The van der Waals surface area contributed by atoms with Crippen molar-refractivity contribution in [3.05, 3.63) is 46.8 Å². The van der Waals surface area contributed by atoms with E-state index in [4.69, 9.17) is 0 Å². The van der Waals surface area contributed by atoms with E-state index in [9.17, 15) is 9.59 Å². The fraction of sp³-hybridized carbons (Fsp3) is 0.312. The third kappa shape index (κ3) is 2.72. The van der Waals surface area contributed by atoms with Gasteiger partial charge >= 0.3 is 5.97 Å². The fourth-order valence-electron chi connectivity index (χ4n) is 2.70. The fourth-order valence-corrected chi connectivity index (χ4v) is 2.70. The Morgan fingerprint density at radius 1 is 1.27 bits per heavy atom. The minimum atomic E-state index is -0.437. The molecule has 1 aliphatic carbocycles. The molecule has 2 N–H and O–H groups in total. The molecule has 0 fully saturated rings. The first kappa shape index (κ1) is 14.3. The van der Waals surface area contributed by atoms with Crippen molar-refractivity contribution in [3.8, 4) is 0 Å². The summed E-state index contributed by atoms with van der Waals surface area (Å²) < 4.78 is 4.67. The monoisotopic (exact) mass is 299 g/mol. The van der Waals surface area contributed by atoms with Gasteiger partial charge in [0.15, 0.2) is 5.69 Å². The lowest BCUT2D eigenvalue weighted by Gasteiger charge is -2.11. The number of amides is 1. The number of hydrogen-bond donors (Lipinski definition) is 2. The molecule has 0 atom stereocenters. The van der Waals surface area contributed by atoms with Crippen molar-refractivity contribution in [3.63, 3.8) is 0 Å². The van der Waals surface area contributed by atoms with Gasteiger partial charge in [0.05, 0.1) is 12.7 Å². The zero-order chi connectivity index (χ0) is 15.5. The van der Waals surface area contributed by atoms with Gasteiger partial charge in [0.25, 0.3) is 5.91 Å². The van der Waals surface area contributed by atoms with Gasteiger partial charge < -0.3 is 10.1 Å². The molecule has 0 radical (unpaired) electrons. The van der Waals surface area contributed by atoms with E-state index in [1.807, 2.05) is 0 Å². The highest BCUT2D eigenvalue weighted by Crippen LogP contribution is 2.23. The molecule has 22 heavy (non-hydrogen) atoms. The van der Waals surface area contributed by atoms with Crippen molar-refractivity contribution in [2.45, 2.75) is 25.7 Å². The number of anilines is 1. The van der Waals surface area contributed by atoms with Crippen LogP contribution in [0.5, 0.6) is 0 Å². The van der Waals surface area contributed by atoms with Gasteiger partial charge in [0, 0.05) is 16.9 Å². The lowest BCUT2D eigenvalue weighted by Crippen LogP contribution is -2.16. The molecule has 6 heteroatoms. The largest absolute Gasteiger partial charge is 0.465 e. The van der Waals surface area contributed by atoms with Crippen LogP contribution in [0.15, 0.2) is 24.3 Å². The van der Waals surface area contributed by atoms with Gasteiger partial charge in [-0.2, -0.15) is 5.10 Å². The summed E-state index contributed by atoms with van der Waals surface area (Å²) in [6.07, 6.45) is 4.01. The lowest BCUT2D eigenvalue weighted by molar-refractivity contribution is 0.0600. The van der Waals surface area contributed by atoms with Gasteiger partial charge in [-0.1, -0.05) is 6.07 Å². The molecule has 1 aromatic carbocycles. The molecular formula is C16H17N3O3. The van der Waals surface area contributed by atoms with Crippen molar-refractivity contribution in [2.75, 3.05) is 12.4 Å². The maximum absolute atomic E-state index is 12.4. The Labute approximate surface area is 127 Å². The van der Waals surface area contributed by atoms with Crippen LogP contribution in [0, 0.1) is 0 Å². The number of rotatable bonds is 3. The number of nitrogens with one attached hydrogen (secondary N) is 2. The van der Waals surface area contributed by atoms with Gasteiger partial charge in [0.1, 0.15) is 0 Å². The van der Waals surface area contributed by atoms with Gasteiger partial charge in [-0.15, -0.1) is 0 Å². The molecule has 3 rings (SSSR count). The summed E-state index contributed by atoms with van der Waals surface area (Å²) in [6.45, 7) is 0. The quantitative estimate of drug-likeness (QED) is 0.852. The Morgan fingerprint density at radius 3 is 2.91 bits per heavy atom. The topological polar surface area (TPSA) is 84.1 Å². The number of hydrogen-bond acceptors (Lipinski definition) is 4. The number of aromatic nitrogens is 2. The number of aromatic amines is 1. The maximum atomic E-state index is 12.4. The van der Waals surface area contributed by atoms with Crippen LogP contribution < -0.4 is 5.32 Å². The Balaban J connectivity index is 1.80. The van der Waals surface area contributed by atoms with Crippen molar-refractivity contribution >= 4 is 17.6 Å². The first-order valence-electron chi connectivity index (χ1n) is 7.25. The van der Waals surface area contributed by atoms with E-state index in [2.05, 4.69) is 20.3 Å². The number of methoxy groups -OCH3 is 1. The summed E-state index contributed by atoms with van der Waals surface area (Å²) >= 11 is 0.